The van der Waals surface area contributed by atoms with Gasteiger partial charge in [-0.1, -0.05) is 20.7 Å². The van der Waals surface area contributed by atoms with E-state index in [-0.39, 0.29) is 0 Å². The summed E-state index contributed by atoms with van der Waals surface area (Å²) in [4.78, 5) is 0. The highest BCUT2D eigenvalue weighted by atomic mass is 32.7. The Morgan fingerprint density at radius 1 is 0.667 bits per heavy atom. The largest absolute Gasteiger partial charge is 0.0799 e. The van der Waals surface area contributed by atoms with Gasteiger partial charge in [-0.2, -0.15) is 0 Å². The summed E-state index contributed by atoms with van der Waals surface area (Å²) in [6.45, 7) is 9.22. The lowest BCUT2D eigenvalue weighted by molar-refractivity contribution is 2.16. The van der Waals surface area contributed by atoms with E-state index in [1.165, 1.54) is 0 Å². The van der Waals surface area contributed by atoms with Gasteiger partial charge in [-0.15, -0.1) is 0 Å². The average Bonchev–Trinajstić information content (AvgIpc) is 1.94. The molecule has 0 aliphatic rings. The molecule has 0 saturated carbocycles. The van der Waals surface area contributed by atoms with Crippen molar-refractivity contribution in [2.75, 3.05) is 0 Å². The molecule has 1 aromatic heterocycles. The lowest BCUT2D eigenvalue weighted by atomic mass is 12.0. The highest BCUT2D eigenvalue weighted by Gasteiger charge is 2.04. The van der Waals surface area contributed by atoms with Gasteiger partial charge in [0.25, 0.3) is 0 Å². The highest BCUT2D eigenvalue weighted by Crippen LogP contribution is 2.83. The van der Waals surface area contributed by atoms with Gasteiger partial charge in [0, 0.05) is 0 Å². The lowest BCUT2D eigenvalue weighted by Gasteiger charge is -1.55. The predicted octanol–water partition coefficient (Wildman–Crippen LogP) is 3.26. The van der Waals surface area contributed by atoms with Gasteiger partial charge >= 0.3 is 0 Å². The first-order valence-electron chi connectivity index (χ1n) is 1.94. The molecule has 0 aromatic carbocycles. The van der Waals surface area contributed by atoms with Crippen LogP contribution in [0.25, 0.3) is 0 Å². The van der Waals surface area contributed by atoms with Crippen molar-refractivity contribution < 1.29 is 0 Å². The Balaban J connectivity index is 2.80. The second-order valence-electron chi connectivity index (χ2n) is 1.47. The maximum Gasteiger partial charge on any atom is -0.0183 e. The zero-order valence-corrected chi connectivity index (χ0v) is 7.02. The van der Waals surface area contributed by atoms with Crippen LogP contribution in [0.2, 0.25) is 0 Å². The van der Waals surface area contributed by atoms with E-state index in [0.717, 1.165) is 0 Å². The monoisotopic (exact) mass is 138 g/mol. The van der Waals surface area contributed by atoms with E-state index in [2.05, 4.69) is 20.0 Å². The fraction of sp³-hybridized carbons (Fsp3) is 1.00. The number of rotatable bonds is 0. The maximum atomic E-state index is 2.44. The lowest BCUT2D eigenvalue weighted by Crippen LogP contribution is -1.05. The van der Waals surface area contributed by atoms with Gasteiger partial charge in [0.2, 0.25) is 0 Å². The third-order valence-electron chi connectivity index (χ3n) is 1.23. The fourth-order valence-corrected chi connectivity index (χ4v) is 17.0. The Morgan fingerprint density at radius 3 is 0.833 bits per heavy atom. The molecule has 1 aromatic rings. The molecule has 0 amide bonds. The number of hydrogen-bond donors (Lipinski definition) is 0. The maximum absolute atomic E-state index is 2.44. The van der Waals surface area contributed by atoms with Crippen LogP contribution >= 0.6 is 20.7 Å². The van der Waals surface area contributed by atoms with Crippen molar-refractivity contribution in [3.8, 4) is 0 Å². The minimum atomic E-state index is 0.637. The minimum absolute atomic E-state index is 0.637. The molecule has 3 heteroatoms. The molecule has 0 N–H and O–H groups in total. The zero-order valence-electron chi connectivity index (χ0n) is 4.34. The third kappa shape index (κ3) is 0.627. The van der Waals surface area contributed by atoms with Gasteiger partial charge in [-0.25, -0.2) is 0 Å². The van der Waals surface area contributed by atoms with Crippen molar-refractivity contribution in [2.45, 2.75) is 0 Å². The van der Waals surface area contributed by atoms with Gasteiger partial charge in [0.15, 0.2) is 0 Å². The van der Waals surface area contributed by atoms with Crippen molar-refractivity contribution in [3.63, 3.8) is 0 Å². The smallest absolute Gasteiger partial charge is 0.0183 e. The first kappa shape index (κ1) is 5.04. The van der Waals surface area contributed by atoms with Crippen LogP contribution in [-0.2, 0) is 20.0 Å². The standard InChI is InChI=1S/C3H9P3/c1-4-5(2)6(4)3/h1-3H3. The van der Waals surface area contributed by atoms with Crippen molar-refractivity contribution in [1.82, 2.24) is 0 Å². The van der Waals surface area contributed by atoms with Crippen LogP contribution in [0.4, 0.5) is 0 Å². The number of hydrogen-bond acceptors (Lipinski definition) is 0. The first-order valence-corrected chi connectivity index (χ1v) is 9.42. The molecule has 0 fully saturated rings. The summed E-state index contributed by atoms with van der Waals surface area (Å²) in [6.07, 6.45) is 0. The van der Waals surface area contributed by atoms with E-state index < -0.39 is 0 Å². The van der Waals surface area contributed by atoms with Crippen LogP contribution < -0.4 is 0 Å². The van der Waals surface area contributed by atoms with E-state index in [9.17, 15) is 0 Å². The van der Waals surface area contributed by atoms with E-state index in [1.807, 2.05) is 0 Å². The molecule has 1 heterocycles. The Bertz CT molecular complexity index is 96.3. The zero-order chi connectivity index (χ0) is 4.73. The second-order valence-corrected chi connectivity index (χ2v) is 18.0. The van der Waals surface area contributed by atoms with Crippen LogP contribution in [0.1, 0.15) is 0 Å². The normalized spacial score (nSPS) is 19.5. The summed E-state index contributed by atoms with van der Waals surface area (Å²) in [6, 6.07) is 0. The van der Waals surface area contributed by atoms with Crippen molar-refractivity contribution in [3.05, 3.63) is 0 Å². The minimum Gasteiger partial charge on any atom is -0.0799 e. The van der Waals surface area contributed by atoms with Crippen LogP contribution in [0.3, 0.4) is 0 Å². The fourth-order valence-electron chi connectivity index (χ4n) is 0.388. The topological polar surface area (TPSA) is 0 Å². The summed E-state index contributed by atoms with van der Waals surface area (Å²) in [5.74, 6) is 0. The van der Waals surface area contributed by atoms with Crippen LogP contribution in [0.15, 0.2) is 0 Å². The van der Waals surface area contributed by atoms with E-state index >= 15 is 0 Å². The highest BCUT2D eigenvalue weighted by molar-refractivity contribution is 8.71. The summed E-state index contributed by atoms with van der Waals surface area (Å²) in [7, 11) is 0. The molecule has 0 nitrogen and oxygen atoms in total. The molecule has 6 heavy (non-hydrogen) atoms. The van der Waals surface area contributed by atoms with Crippen molar-refractivity contribution >= 4 is 20.7 Å². The average molecular weight is 138 g/mol. The molecule has 0 unspecified atom stereocenters. The van der Waals surface area contributed by atoms with Crippen molar-refractivity contribution in [1.29, 1.82) is 0 Å². The molecule has 36 valence electrons. The van der Waals surface area contributed by atoms with E-state index in [1.54, 1.807) is 0 Å². The summed E-state index contributed by atoms with van der Waals surface area (Å²) < 4.78 is 0. The van der Waals surface area contributed by atoms with Gasteiger partial charge in [0.05, 0.1) is 0 Å². The Hall–Kier alpha value is 0.900. The van der Waals surface area contributed by atoms with Gasteiger partial charge < -0.3 is 0 Å². The van der Waals surface area contributed by atoms with Gasteiger partial charge in [-0.3, -0.25) is 0 Å². The van der Waals surface area contributed by atoms with Crippen molar-refractivity contribution in [2.24, 2.45) is 20.0 Å². The summed E-state index contributed by atoms with van der Waals surface area (Å²) in [5, 5.41) is 0. The molecule has 0 aliphatic carbocycles. The molecule has 0 radical (unpaired) electrons. The molecule has 0 spiro atoms. The van der Waals surface area contributed by atoms with Gasteiger partial charge in [0.1, 0.15) is 0 Å². The SMILES string of the molecule is Cp1p(C)p1C. The quantitative estimate of drug-likeness (QED) is 0.516. The third-order valence-corrected chi connectivity index (χ3v) is 22.3. The molecular formula is C3H9P3. The summed E-state index contributed by atoms with van der Waals surface area (Å²) >= 11 is 0. The molecule has 1 rings (SSSR count). The Labute approximate surface area is 41.4 Å². The van der Waals surface area contributed by atoms with Gasteiger partial charge in [-0.05, 0) is 20.0 Å². The van der Waals surface area contributed by atoms with Crippen LogP contribution in [0.5, 0.6) is 0 Å². The van der Waals surface area contributed by atoms with Crippen LogP contribution in [0, 0.1) is 0 Å². The summed E-state index contributed by atoms with van der Waals surface area (Å²) in [5.41, 5.74) is 0. The van der Waals surface area contributed by atoms with Crippen LogP contribution in [-0.4, -0.2) is 0 Å². The molecule has 0 atom stereocenters. The van der Waals surface area contributed by atoms with E-state index in [4.69, 9.17) is 0 Å². The Morgan fingerprint density at radius 2 is 0.833 bits per heavy atom. The molecule has 0 aliphatic heterocycles. The molecule has 0 saturated heterocycles. The second kappa shape index (κ2) is 1.45. The molecule has 0 bridgehead atoms. The molecular weight excluding hydrogens is 129 g/mol. The Kier molecular flexibility index (Phi) is 1.22. The predicted molar refractivity (Wildman–Crippen MR) is 37.5 cm³/mol. The van der Waals surface area contributed by atoms with E-state index in [0.29, 0.717) is 20.7 Å². The first-order chi connectivity index (χ1) is 2.73.